The van der Waals surface area contributed by atoms with Crippen LogP contribution in [-0.4, -0.2) is 20.7 Å². The minimum absolute atomic E-state index is 0.0710. The number of nitro groups is 1. The van der Waals surface area contributed by atoms with Crippen molar-refractivity contribution in [3.05, 3.63) is 77.6 Å². The summed E-state index contributed by atoms with van der Waals surface area (Å²) in [5.74, 6) is -0.496. The Morgan fingerprint density at radius 1 is 1.04 bits per heavy atom. The van der Waals surface area contributed by atoms with Crippen molar-refractivity contribution in [3.8, 4) is 0 Å². The third kappa shape index (κ3) is 2.44. The van der Waals surface area contributed by atoms with Gasteiger partial charge in [-0.1, -0.05) is 12.1 Å². The van der Waals surface area contributed by atoms with E-state index in [-0.39, 0.29) is 22.9 Å². The standard InChI is InChI=1S/C17H14N4O5/c22-11-3-1-2-10-13(11)12(8-4-6-9(7-5-8)21(25)26)14-15(18-10)19-17(24)20-16(14)23/h4-7,12H,1-3H2,(H3,18,19,20,23,24). The molecule has 0 spiro atoms. The van der Waals surface area contributed by atoms with Gasteiger partial charge in [0.05, 0.1) is 10.5 Å². The normalized spacial score (nSPS) is 18.8. The maximum Gasteiger partial charge on any atom is 0.327 e. The monoisotopic (exact) mass is 354 g/mol. The lowest BCUT2D eigenvalue weighted by molar-refractivity contribution is -0.384. The Kier molecular flexibility index (Phi) is 3.57. The van der Waals surface area contributed by atoms with Crippen LogP contribution < -0.4 is 16.6 Å². The van der Waals surface area contributed by atoms with Crippen LogP contribution in [-0.2, 0) is 4.79 Å². The summed E-state index contributed by atoms with van der Waals surface area (Å²) in [7, 11) is 0. The first kappa shape index (κ1) is 16.0. The van der Waals surface area contributed by atoms with Crippen LogP contribution in [0.1, 0.15) is 36.3 Å². The summed E-state index contributed by atoms with van der Waals surface area (Å²) in [6.45, 7) is 0. The van der Waals surface area contributed by atoms with E-state index >= 15 is 0 Å². The van der Waals surface area contributed by atoms with Gasteiger partial charge in [0, 0.05) is 35.7 Å². The Morgan fingerprint density at radius 3 is 2.46 bits per heavy atom. The number of non-ortho nitro benzene ring substituents is 1. The van der Waals surface area contributed by atoms with E-state index in [9.17, 15) is 24.5 Å². The molecular formula is C17H14N4O5. The van der Waals surface area contributed by atoms with Gasteiger partial charge in [-0.25, -0.2) is 4.79 Å². The first-order chi connectivity index (χ1) is 12.5. The minimum atomic E-state index is -0.685. The number of carbonyl (C=O) groups excluding carboxylic acids is 1. The second kappa shape index (κ2) is 5.80. The van der Waals surface area contributed by atoms with Crippen molar-refractivity contribution in [2.24, 2.45) is 0 Å². The third-order valence-corrected chi connectivity index (χ3v) is 4.73. The van der Waals surface area contributed by atoms with Crippen LogP contribution >= 0.6 is 0 Å². The van der Waals surface area contributed by atoms with Gasteiger partial charge in [-0.3, -0.25) is 29.7 Å². The van der Waals surface area contributed by atoms with Crippen LogP contribution in [0.3, 0.4) is 0 Å². The molecule has 2 aromatic rings. The summed E-state index contributed by atoms with van der Waals surface area (Å²) in [6.07, 6.45) is 1.68. The number of hydrogen-bond donors (Lipinski definition) is 3. The van der Waals surface area contributed by atoms with Crippen molar-refractivity contribution in [1.29, 1.82) is 0 Å². The molecule has 0 bridgehead atoms. The Balaban J connectivity index is 1.96. The molecule has 26 heavy (non-hydrogen) atoms. The van der Waals surface area contributed by atoms with E-state index in [1.807, 2.05) is 0 Å². The van der Waals surface area contributed by atoms with Gasteiger partial charge in [-0.05, 0) is 18.4 Å². The average molecular weight is 354 g/mol. The van der Waals surface area contributed by atoms with Gasteiger partial charge in [-0.2, -0.15) is 0 Å². The number of aromatic nitrogens is 2. The van der Waals surface area contributed by atoms with Gasteiger partial charge in [0.1, 0.15) is 5.82 Å². The van der Waals surface area contributed by atoms with Crippen LogP contribution in [0, 0.1) is 10.1 Å². The highest BCUT2D eigenvalue weighted by Crippen LogP contribution is 2.42. The molecule has 1 aliphatic heterocycles. The minimum Gasteiger partial charge on any atom is -0.344 e. The highest BCUT2D eigenvalue weighted by atomic mass is 16.6. The highest BCUT2D eigenvalue weighted by Gasteiger charge is 2.37. The van der Waals surface area contributed by atoms with Gasteiger partial charge in [0.25, 0.3) is 11.2 Å². The van der Waals surface area contributed by atoms with Crippen molar-refractivity contribution >= 4 is 17.3 Å². The molecule has 2 aliphatic rings. The fourth-order valence-corrected chi connectivity index (χ4v) is 3.62. The summed E-state index contributed by atoms with van der Waals surface area (Å²) in [5, 5.41) is 13.9. The van der Waals surface area contributed by atoms with Crippen LogP contribution in [0.4, 0.5) is 11.5 Å². The lowest BCUT2D eigenvalue weighted by atomic mass is 9.76. The van der Waals surface area contributed by atoms with E-state index in [0.717, 1.165) is 0 Å². The molecule has 9 nitrogen and oxygen atoms in total. The number of rotatable bonds is 2. The molecule has 0 radical (unpaired) electrons. The number of anilines is 1. The zero-order chi connectivity index (χ0) is 18.4. The highest BCUT2D eigenvalue weighted by molar-refractivity contribution is 6.00. The lowest BCUT2D eigenvalue weighted by Crippen LogP contribution is -2.36. The van der Waals surface area contributed by atoms with Gasteiger partial charge >= 0.3 is 5.69 Å². The molecule has 0 fully saturated rings. The Labute approximate surface area is 145 Å². The van der Waals surface area contributed by atoms with Crippen LogP contribution in [0.5, 0.6) is 0 Å². The number of ketones is 1. The number of benzene rings is 1. The zero-order valence-corrected chi connectivity index (χ0v) is 13.5. The maximum absolute atomic E-state index is 12.6. The largest absolute Gasteiger partial charge is 0.344 e. The molecule has 0 amide bonds. The predicted molar refractivity (Wildman–Crippen MR) is 92.1 cm³/mol. The van der Waals surface area contributed by atoms with E-state index in [0.29, 0.717) is 36.1 Å². The summed E-state index contributed by atoms with van der Waals surface area (Å²) >= 11 is 0. The van der Waals surface area contributed by atoms with E-state index in [1.165, 1.54) is 24.3 Å². The van der Waals surface area contributed by atoms with Crippen LogP contribution in [0.15, 0.2) is 45.1 Å². The van der Waals surface area contributed by atoms with E-state index in [2.05, 4.69) is 15.3 Å². The topological polar surface area (TPSA) is 138 Å². The van der Waals surface area contributed by atoms with Crippen molar-refractivity contribution in [3.63, 3.8) is 0 Å². The number of H-pyrrole nitrogens is 2. The molecule has 4 rings (SSSR count). The molecule has 1 aromatic heterocycles. The van der Waals surface area contributed by atoms with Gasteiger partial charge < -0.3 is 5.32 Å². The molecule has 132 valence electrons. The number of carbonyl (C=O) groups is 1. The first-order valence-corrected chi connectivity index (χ1v) is 8.10. The van der Waals surface area contributed by atoms with Crippen molar-refractivity contribution in [2.75, 3.05) is 5.32 Å². The quantitative estimate of drug-likeness (QED) is 0.552. The molecule has 9 heteroatoms. The molecule has 0 saturated heterocycles. The molecule has 1 atom stereocenters. The number of hydrogen-bond acceptors (Lipinski definition) is 6. The average Bonchev–Trinajstić information content (AvgIpc) is 2.60. The van der Waals surface area contributed by atoms with Gasteiger partial charge in [-0.15, -0.1) is 0 Å². The Morgan fingerprint density at radius 2 is 1.77 bits per heavy atom. The predicted octanol–water partition coefficient (Wildman–Crippen LogP) is 1.54. The van der Waals surface area contributed by atoms with Crippen LogP contribution in [0.2, 0.25) is 0 Å². The summed E-state index contributed by atoms with van der Waals surface area (Å²) in [5.41, 5.74) is 0.654. The van der Waals surface area contributed by atoms with Crippen molar-refractivity contribution in [1.82, 2.24) is 9.97 Å². The maximum atomic E-state index is 12.6. The zero-order valence-electron chi connectivity index (χ0n) is 13.5. The fourth-order valence-electron chi connectivity index (χ4n) is 3.62. The second-order valence-corrected chi connectivity index (χ2v) is 6.27. The number of aromatic amines is 2. The first-order valence-electron chi connectivity index (χ1n) is 8.10. The second-order valence-electron chi connectivity index (χ2n) is 6.27. The SMILES string of the molecule is O=C1CCCC2=C1C(c1ccc([N+](=O)[O-])cc1)c1c([nH]c(=O)[nH]c1=O)N2. The fraction of sp³-hybridized carbons (Fsp3) is 0.235. The number of nitrogens with one attached hydrogen (secondary N) is 3. The smallest absolute Gasteiger partial charge is 0.327 e. The number of nitrogens with zero attached hydrogens (tertiary/aromatic N) is 1. The number of Topliss-reactive ketones (excluding diaryl/α,β-unsaturated/α-hetero) is 1. The third-order valence-electron chi connectivity index (χ3n) is 4.73. The molecule has 2 heterocycles. The molecule has 1 aliphatic carbocycles. The van der Waals surface area contributed by atoms with E-state index in [1.54, 1.807) is 0 Å². The molecule has 1 aromatic carbocycles. The number of fused-ring (bicyclic) bond motifs is 1. The molecule has 1 unspecified atom stereocenters. The van der Waals surface area contributed by atoms with E-state index in [4.69, 9.17) is 0 Å². The summed E-state index contributed by atoms with van der Waals surface area (Å²) in [4.78, 5) is 51.8. The van der Waals surface area contributed by atoms with Crippen molar-refractivity contribution < 1.29 is 9.72 Å². The molecular weight excluding hydrogens is 340 g/mol. The Bertz CT molecular complexity index is 1080. The lowest BCUT2D eigenvalue weighted by Gasteiger charge is -2.32. The summed E-state index contributed by atoms with van der Waals surface area (Å²) in [6, 6.07) is 5.75. The number of nitro benzene ring substituents is 1. The summed E-state index contributed by atoms with van der Waals surface area (Å²) < 4.78 is 0. The number of allylic oxidation sites excluding steroid dienone is 2. The van der Waals surface area contributed by atoms with E-state index < -0.39 is 22.1 Å². The Hall–Kier alpha value is -3.49. The van der Waals surface area contributed by atoms with Crippen LogP contribution in [0.25, 0.3) is 0 Å². The van der Waals surface area contributed by atoms with Gasteiger partial charge in [0.15, 0.2) is 5.78 Å². The molecule has 0 saturated carbocycles. The van der Waals surface area contributed by atoms with Gasteiger partial charge in [0.2, 0.25) is 0 Å². The molecule has 3 N–H and O–H groups in total. The van der Waals surface area contributed by atoms with Crippen molar-refractivity contribution in [2.45, 2.75) is 25.2 Å².